The second-order valence-electron chi connectivity index (χ2n) is 1.72. The second-order valence-corrected chi connectivity index (χ2v) is 1.72. The van der Waals surface area contributed by atoms with Gasteiger partial charge in [-0.15, -0.1) is 0 Å². The Kier molecular flexibility index (Phi) is 4.25. The minimum absolute atomic E-state index is 0.0127. The van der Waals surface area contributed by atoms with Gasteiger partial charge >= 0.3 is 5.97 Å². The van der Waals surface area contributed by atoms with Gasteiger partial charge in [0.25, 0.3) is 0 Å². The standard InChI is InChI=1S/C6H10N2O2/c1-2-10-6(9)5(8)3-4-7/h5H,2-3,8H2,1H3. The molecule has 0 heterocycles. The van der Waals surface area contributed by atoms with Crippen molar-refractivity contribution in [2.45, 2.75) is 19.4 Å². The van der Waals surface area contributed by atoms with Crippen LogP contribution in [-0.4, -0.2) is 18.6 Å². The Labute approximate surface area is 59.6 Å². The Bertz CT molecular complexity index is 150. The molecule has 0 aliphatic rings. The van der Waals surface area contributed by atoms with Crippen LogP contribution in [0.15, 0.2) is 0 Å². The largest absolute Gasteiger partial charge is 0.465 e. The number of nitrogens with zero attached hydrogens (tertiary/aromatic N) is 1. The van der Waals surface area contributed by atoms with Gasteiger partial charge in [0, 0.05) is 0 Å². The van der Waals surface area contributed by atoms with Crippen LogP contribution >= 0.6 is 0 Å². The number of hydrogen-bond donors (Lipinski definition) is 1. The van der Waals surface area contributed by atoms with E-state index in [1.165, 1.54) is 0 Å². The van der Waals surface area contributed by atoms with E-state index in [2.05, 4.69) is 4.74 Å². The van der Waals surface area contributed by atoms with E-state index in [9.17, 15) is 4.79 Å². The van der Waals surface area contributed by atoms with Crippen molar-refractivity contribution < 1.29 is 9.53 Å². The van der Waals surface area contributed by atoms with Crippen LogP contribution in [0.5, 0.6) is 0 Å². The zero-order chi connectivity index (χ0) is 7.98. The number of ether oxygens (including phenoxy) is 1. The van der Waals surface area contributed by atoms with E-state index in [4.69, 9.17) is 11.0 Å². The normalized spacial score (nSPS) is 11.7. The first-order chi connectivity index (χ1) is 4.72. The number of nitrogens with two attached hydrogens (primary N) is 1. The monoisotopic (exact) mass is 142 g/mol. The molecule has 0 aliphatic carbocycles. The highest BCUT2D eigenvalue weighted by Crippen LogP contribution is 1.89. The lowest BCUT2D eigenvalue weighted by Gasteiger charge is -2.04. The molecule has 0 aromatic heterocycles. The van der Waals surface area contributed by atoms with Crippen molar-refractivity contribution in [3.8, 4) is 6.07 Å². The van der Waals surface area contributed by atoms with Gasteiger partial charge in [-0.1, -0.05) is 0 Å². The molecule has 56 valence electrons. The third kappa shape index (κ3) is 3.05. The number of nitriles is 1. The Morgan fingerprint density at radius 3 is 2.90 bits per heavy atom. The van der Waals surface area contributed by atoms with Gasteiger partial charge in [-0.3, -0.25) is 4.79 Å². The summed E-state index contributed by atoms with van der Waals surface area (Å²) in [7, 11) is 0. The molecule has 4 nitrogen and oxygen atoms in total. The van der Waals surface area contributed by atoms with Gasteiger partial charge < -0.3 is 10.5 Å². The van der Waals surface area contributed by atoms with Crippen LogP contribution in [0.1, 0.15) is 13.3 Å². The maximum absolute atomic E-state index is 10.6. The second kappa shape index (κ2) is 4.77. The maximum Gasteiger partial charge on any atom is 0.323 e. The summed E-state index contributed by atoms with van der Waals surface area (Å²) in [6.45, 7) is 1.99. The first-order valence-electron chi connectivity index (χ1n) is 3.01. The lowest BCUT2D eigenvalue weighted by Crippen LogP contribution is -2.31. The van der Waals surface area contributed by atoms with E-state index < -0.39 is 12.0 Å². The SMILES string of the molecule is CCOC(=O)C(N)CC#N. The predicted octanol–water partition coefficient (Wildman–Crippen LogP) is -0.210. The number of rotatable bonds is 3. The molecule has 0 amide bonds. The number of esters is 1. The molecule has 0 bridgehead atoms. The first-order valence-corrected chi connectivity index (χ1v) is 3.01. The van der Waals surface area contributed by atoms with Crippen LogP contribution in [0.3, 0.4) is 0 Å². The van der Waals surface area contributed by atoms with Gasteiger partial charge in [-0.2, -0.15) is 5.26 Å². The van der Waals surface area contributed by atoms with E-state index in [1.807, 2.05) is 0 Å². The van der Waals surface area contributed by atoms with Crippen LogP contribution in [0, 0.1) is 11.3 Å². The quantitative estimate of drug-likeness (QED) is 0.553. The molecule has 1 atom stereocenters. The summed E-state index contributed by atoms with van der Waals surface area (Å²) in [5.41, 5.74) is 5.22. The molecule has 0 spiro atoms. The third-order valence-corrected chi connectivity index (χ3v) is 0.901. The van der Waals surface area contributed by atoms with Gasteiger partial charge in [0.2, 0.25) is 0 Å². The number of carbonyl (C=O) groups excluding carboxylic acids is 1. The average Bonchev–Trinajstić information content (AvgIpc) is 1.89. The fourth-order valence-electron chi connectivity index (χ4n) is 0.431. The molecule has 10 heavy (non-hydrogen) atoms. The number of carbonyl (C=O) groups is 1. The molecule has 0 fully saturated rings. The van der Waals surface area contributed by atoms with Crippen molar-refractivity contribution in [3.05, 3.63) is 0 Å². The summed E-state index contributed by atoms with van der Waals surface area (Å²) < 4.78 is 4.54. The van der Waals surface area contributed by atoms with E-state index in [0.29, 0.717) is 6.61 Å². The molecule has 1 unspecified atom stereocenters. The molecule has 0 rings (SSSR count). The summed E-state index contributed by atoms with van der Waals surface area (Å²) in [5, 5.41) is 8.12. The number of hydrogen-bond acceptors (Lipinski definition) is 4. The molecule has 0 saturated carbocycles. The van der Waals surface area contributed by atoms with Crippen molar-refractivity contribution in [1.82, 2.24) is 0 Å². The fourth-order valence-corrected chi connectivity index (χ4v) is 0.431. The van der Waals surface area contributed by atoms with Crippen molar-refractivity contribution in [2.24, 2.45) is 5.73 Å². The third-order valence-electron chi connectivity index (χ3n) is 0.901. The highest BCUT2D eigenvalue weighted by Gasteiger charge is 2.12. The Hall–Kier alpha value is -1.08. The zero-order valence-corrected chi connectivity index (χ0v) is 5.83. The van der Waals surface area contributed by atoms with Gasteiger partial charge in [-0.25, -0.2) is 0 Å². The Morgan fingerprint density at radius 1 is 1.90 bits per heavy atom. The van der Waals surface area contributed by atoms with Crippen molar-refractivity contribution in [1.29, 1.82) is 5.26 Å². The van der Waals surface area contributed by atoms with Crippen LogP contribution in [0.25, 0.3) is 0 Å². The molecule has 4 heteroatoms. The zero-order valence-electron chi connectivity index (χ0n) is 5.83. The molecule has 0 radical (unpaired) electrons. The molecule has 0 aromatic carbocycles. The highest BCUT2D eigenvalue weighted by atomic mass is 16.5. The van der Waals surface area contributed by atoms with E-state index in [1.54, 1.807) is 13.0 Å². The van der Waals surface area contributed by atoms with Crippen LogP contribution < -0.4 is 5.73 Å². The van der Waals surface area contributed by atoms with Crippen molar-refractivity contribution in [2.75, 3.05) is 6.61 Å². The van der Waals surface area contributed by atoms with Gasteiger partial charge in [0.05, 0.1) is 19.1 Å². The molecule has 0 saturated heterocycles. The summed E-state index contributed by atoms with van der Waals surface area (Å²) >= 11 is 0. The smallest absolute Gasteiger partial charge is 0.323 e. The van der Waals surface area contributed by atoms with Crippen LogP contribution in [0.2, 0.25) is 0 Å². The van der Waals surface area contributed by atoms with E-state index in [0.717, 1.165) is 0 Å². The lowest BCUT2D eigenvalue weighted by molar-refractivity contribution is -0.144. The molecule has 0 aromatic rings. The average molecular weight is 142 g/mol. The maximum atomic E-state index is 10.6. The van der Waals surface area contributed by atoms with E-state index >= 15 is 0 Å². The molecular formula is C6H10N2O2. The molecular weight excluding hydrogens is 132 g/mol. The first kappa shape index (κ1) is 8.92. The van der Waals surface area contributed by atoms with Gasteiger partial charge in [-0.05, 0) is 6.92 Å². The summed E-state index contributed by atoms with van der Waals surface area (Å²) in [6, 6.07) is 0.994. The minimum Gasteiger partial charge on any atom is -0.465 e. The predicted molar refractivity (Wildman–Crippen MR) is 34.8 cm³/mol. The topological polar surface area (TPSA) is 76.1 Å². The summed E-state index contributed by atoms with van der Waals surface area (Å²) in [5.74, 6) is -0.510. The Balaban J connectivity index is 3.62. The fraction of sp³-hybridized carbons (Fsp3) is 0.667. The van der Waals surface area contributed by atoms with Crippen molar-refractivity contribution in [3.63, 3.8) is 0 Å². The van der Waals surface area contributed by atoms with Crippen LogP contribution in [0.4, 0.5) is 0 Å². The summed E-state index contributed by atoms with van der Waals surface area (Å²) in [6.07, 6.45) is 0.0127. The highest BCUT2D eigenvalue weighted by molar-refractivity contribution is 5.75. The molecule has 2 N–H and O–H groups in total. The minimum atomic E-state index is -0.787. The van der Waals surface area contributed by atoms with Gasteiger partial charge in [0.15, 0.2) is 0 Å². The molecule has 0 aliphatic heterocycles. The van der Waals surface area contributed by atoms with Crippen molar-refractivity contribution >= 4 is 5.97 Å². The summed E-state index contributed by atoms with van der Waals surface area (Å²) in [4.78, 5) is 10.6. The van der Waals surface area contributed by atoms with Gasteiger partial charge in [0.1, 0.15) is 6.04 Å². The lowest BCUT2D eigenvalue weighted by atomic mass is 10.2. The van der Waals surface area contributed by atoms with E-state index in [-0.39, 0.29) is 6.42 Å². The Morgan fingerprint density at radius 2 is 2.50 bits per heavy atom. The van der Waals surface area contributed by atoms with Crippen LogP contribution in [-0.2, 0) is 9.53 Å².